The maximum absolute atomic E-state index is 6.15. The molecule has 0 saturated carbocycles. The molecular formula is C15H16ClNO. The molecule has 0 aliphatic carbocycles. The van der Waals surface area contributed by atoms with Crippen molar-refractivity contribution < 1.29 is 4.74 Å². The van der Waals surface area contributed by atoms with Gasteiger partial charge in [0, 0.05) is 11.6 Å². The Hall–Kier alpha value is -1.51. The van der Waals surface area contributed by atoms with Crippen LogP contribution in [0.3, 0.4) is 0 Å². The molecule has 0 fully saturated rings. The van der Waals surface area contributed by atoms with E-state index in [1.165, 1.54) is 0 Å². The zero-order valence-corrected chi connectivity index (χ0v) is 11.3. The van der Waals surface area contributed by atoms with Gasteiger partial charge in [-0.1, -0.05) is 29.8 Å². The van der Waals surface area contributed by atoms with E-state index in [1.54, 1.807) is 7.11 Å². The zero-order chi connectivity index (χ0) is 13.0. The largest absolute Gasteiger partial charge is 0.497 e. The van der Waals surface area contributed by atoms with E-state index in [0.717, 1.165) is 34.0 Å². The highest BCUT2D eigenvalue weighted by atomic mass is 35.5. The molecule has 3 heteroatoms. The van der Waals surface area contributed by atoms with E-state index < -0.39 is 0 Å². The number of hydrogen-bond donors (Lipinski definition) is 1. The fraction of sp³-hybridized carbons (Fsp3) is 0.200. The van der Waals surface area contributed by atoms with Gasteiger partial charge in [0.25, 0.3) is 0 Å². The summed E-state index contributed by atoms with van der Waals surface area (Å²) in [7, 11) is 3.58. The molecule has 0 amide bonds. The molecule has 0 unspecified atom stereocenters. The van der Waals surface area contributed by atoms with E-state index in [4.69, 9.17) is 16.3 Å². The number of benzene rings is 2. The van der Waals surface area contributed by atoms with Crippen LogP contribution < -0.4 is 10.1 Å². The maximum Gasteiger partial charge on any atom is 0.118 e. The average molecular weight is 262 g/mol. The number of hydrogen-bond acceptors (Lipinski definition) is 2. The van der Waals surface area contributed by atoms with Gasteiger partial charge in [0.05, 0.1) is 7.11 Å². The monoisotopic (exact) mass is 261 g/mol. The van der Waals surface area contributed by atoms with Gasteiger partial charge in [-0.05, 0) is 48.0 Å². The van der Waals surface area contributed by atoms with Crippen LogP contribution in [0.5, 0.6) is 5.75 Å². The molecule has 0 aliphatic rings. The second kappa shape index (κ2) is 5.89. The van der Waals surface area contributed by atoms with E-state index >= 15 is 0 Å². The highest BCUT2D eigenvalue weighted by Crippen LogP contribution is 2.26. The van der Waals surface area contributed by atoms with Crippen LogP contribution in [0.1, 0.15) is 5.56 Å². The van der Waals surface area contributed by atoms with Gasteiger partial charge in [-0.15, -0.1) is 0 Å². The summed E-state index contributed by atoms with van der Waals surface area (Å²) in [6.45, 7) is 0.767. The van der Waals surface area contributed by atoms with Gasteiger partial charge in [-0.2, -0.15) is 0 Å². The predicted octanol–water partition coefficient (Wildman–Crippen LogP) is 3.74. The Bertz CT molecular complexity index is 523. The minimum Gasteiger partial charge on any atom is -0.497 e. The van der Waals surface area contributed by atoms with Crippen molar-refractivity contribution >= 4 is 11.6 Å². The molecular weight excluding hydrogens is 246 g/mol. The minimum atomic E-state index is 0.767. The lowest BCUT2D eigenvalue weighted by Crippen LogP contribution is -2.05. The second-order valence-electron chi connectivity index (χ2n) is 4.07. The molecule has 0 bridgehead atoms. The Kier molecular flexibility index (Phi) is 4.24. The van der Waals surface area contributed by atoms with E-state index in [9.17, 15) is 0 Å². The SMILES string of the molecule is CNCc1cc(-c2ccc(OC)cc2)ccc1Cl. The number of rotatable bonds is 4. The molecule has 0 radical (unpaired) electrons. The Morgan fingerprint density at radius 1 is 1.06 bits per heavy atom. The summed E-state index contributed by atoms with van der Waals surface area (Å²) < 4.78 is 5.16. The molecule has 2 aromatic carbocycles. The first-order chi connectivity index (χ1) is 8.74. The normalized spacial score (nSPS) is 10.4. The zero-order valence-electron chi connectivity index (χ0n) is 10.5. The molecule has 0 aliphatic heterocycles. The van der Waals surface area contributed by atoms with E-state index in [1.807, 2.05) is 43.4 Å². The first-order valence-electron chi connectivity index (χ1n) is 5.82. The summed E-state index contributed by atoms with van der Waals surface area (Å²) in [5.41, 5.74) is 3.42. The molecule has 0 heterocycles. The lowest BCUT2D eigenvalue weighted by Gasteiger charge is -2.08. The average Bonchev–Trinajstić information content (AvgIpc) is 2.42. The van der Waals surface area contributed by atoms with Gasteiger partial charge >= 0.3 is 0 Å². The first kappa shape index (κ1) is 12.9. The predicted molar refractivity (Wildman–Crippen MR) is 76.2 cm³/mol. The van der Waals surface area contributed by atoms with Crippen LogP contribution in [0, 0.1) is 0 Å². The molecule has 2 nitrogen and oxygen atoms in total. The number of halogens is 1. The first-order valence-corrected chi connectivity index (χ1v) is 6.20. The summed E-state index contributed by atoms with van der Waals surface area (Å²) in [6, 6.07) is 14.1. The smallest absolute Gasteiger partial charge is 0.118 e. The van der Waals surface area contributed by atoms with Crippen LogP contribution in [0.25, 0.3) is 11.1 Å². The molecule has 18 heavy (non-hydrogen) atoms. The van der Waals surface area contributed by atoms with Gasteiger partial charge in [-0.3, -0.25) is 0 Å². The molecule has 0 saturated heterocycles. The fourth-order valence-electron chi connectivity index (χ4n) is 1.86. The second-order valence-corrected chi connectivity index (χ2v) is 4.47. The molecule has 0 atom stereocenters. The van der Waals surface area contributed by atoms with Crippen molar-refractivity contribution in [2.45, 2.75) is 6.54 Å². The number of ether oxygens (including phenoxy) is 1. The molecule has 0 aromatic heterocycles. The van der Waals surface area contributed by atoms with E-state index in [2.05, 4.69) is 11.4 Å². The summed E-state index contributed by atoms with van der Waals surface area (Å²) in [4.78, 5) is 0. The lowest BCUT2D eigenvalue weighted by molar-refractivity contribution is 0.415. The molecule has 94 valence electrons. The van der Waals surface area contributed by atoms with Crippen molar-refractivity contribution in [2.24, 2.45) is 0 Å². The van der Waals surface area contributed by atoms with E-state index in [-0.39, 0.29) is 0 Å². The number of methoxy groups -OCH3 is 1. The molecule has 2 aromatic rings. The van der Waals surface area contributed by atoms with Gasteiger partial charge in [0.2, 0.25) is 0 Å². The Balaban J connectivity index is 2.34. The van der Waals surface area contributed by atoms with Crippen molar-refractivity contribution in [3.63, 3.8) is 0 Å². The lowest BCUT2D eigenvalue weighted by atomic mass is 10.0. The highest BCUT2D eigenvalue weighted by molar-refractivity contribution is 6.31. The fourth-order valence-corrected chi connectivity index (χ4v) is 2.05. The van der Waals surface area contributed by atoms with Crippen LogP contribution in [-0.4, -0.2) is 14.2 Å². The van der Waals surface area contributed by atoms with E-state index in [0.29, 0.717) is 0 Å². The van der Waals surface area contributed by atoms with Crippen molar-refractivity contribution in [2.75, 3.05) is 14.2 Å². The Labute approximate surface area is 113 Å². The van der Waals surface area contributed by atoms with Crippen LogP contribution in [-0.2, 0) is 6.54 Å². The minimum absolute atomic E-state index is 0.767. The van der Waals surface area contributed by atoms with Crippen molar-refractivity contribution in [1.29, 1.82) is 0 Å². The molecule has 2 rings (SSSR count). The van der Waals surface area contributed by atoms with Crippen LogP contribution in [0.15, 0.2) is 42.5 Å². The van der Waals surface area contributed by atoms with Crippen molar-refractivity contribution in [1.82, 2.24) is 5.32 Å². The van der Waals surface area contributed by atoms with Gasteiger partial charge in [-0.25, -0.2) is 0 Å². The topological polar surface area (TPSA) is 21.3 Å². The maximum atomic E-state index is 6.15. The van der Waals surface area contributed by atoms with Gasteiger partial charge in [0.15, 0.2) is 0 Å². The summed E-state index contributed by atoms with van der Waals surface area (Å²) in [5, 5.41) is 3.91. The Morgan fingerprint density at radius 3 is 2.33 bits per heavy atom. The van der Waals surface area contributed by atoms with Crippen molar-refractivity contribution in [3.05, 3.63) is 53.1 Å². The van der Waals surface area contributed by atoms with Crippen LogP contribution in [0.2, 0.25) is 5.02 Å². The highest BCUT2D eigenvalue weighted by Gasteiger charge is 2.03. The number of nitrogens with one attached hydrogen (secondary N) is 1. The van der Waals surface area contributed by atoms with Gasteiger partial charge in [0.1, 0.15) is 5.75 Å². The molecule has 0 spiro atoms. The summed E-state index contributed by atoms with van der Waals surface area (Å²) in [5.74, 6) is 0.864. The molecule has 1 N–H and O–H groups in total. The standard InChI is InChI=1S/C15H16ClNO/c1-17-10-13-9-12(5-8-15(13)16)11-3-6-14(18-2)7-4-11/h3-9,17H,10H2,1-2H3. The van der Waals surface area contributed by atoms with Crippen LogP contribution >= 0.6 is 11.6 Å². The van der Waals surface area contributed by atoms with Crippen molar-refractivity contribution in [3.8, 4) is 16.9 Å². The summed E-state index contributed by atoms with van der Waals surface area (Å²) in [6.07, 6.45) is 0. The quantitative estimate of drug-likeness (QED) is 0.905. The Morgan fingerprint density at radius 2 is 1.72 bits per heavy atom. The summed E-state index contributed by atoms with van der Waals surface area (Å²) >= 11 is 6.15. The third kappa shape index (κ3) is 2.84. The van der Waals surface area contributed by atoms with Crippen LogP contribution in [0.4, 0.5) is 0 Å². The van der Waals surface area contributed by atoms with Gasteiger partial charge < -0.3 is 10.1 Å². The third-order valence-corrected chi connectivity index (χ3v) is 3.21. The third-order valence-electron chi connectivity index (χ3n) is 2.84.